The van der Waals surface area contributed by atoms with E-state index in [1.54, 1.807) is 0 Å². The van der Waals surface area contributed by atoms with Crippen molar-refractivity contribution in [1.29, 1.82) is 0 Å². The second-order valence-corrected chi connectivity index (χ2v) is 5.34. The Labute approximate surface area is 133 Å². The molecule has 0 aliphatic heterocycles. The van der Waals surface area contributed by atoms with Crippen molar-refractivity contribution >= 4 is 5.78 Å². The molecule has 0 bridgehead atoms. The Bertz CT molecular complexity index is 724. The zero-order chi connectivity index (χ0) is 17.0. The highest BCUT2D eigenvalue weighted by atomic mass is 19.1. The van der Waals surface area contributed by atoms with Crippen molar-refractivity contribution in [2.45, 2.75) is 25.2 Å². The van der Waals surface area contributed by atoms with Gasteiger partial charge in [-0.2, -0.15) is 0 Å². The summed E-state index contributed by atoms with van der Waals surface area (Å²) in [5.74, 6) is -1.29. The zero-order valence-electron chi connectivity index (χ0n) is 12.5. The third-order valence-electron chi connectivity index (χ3n) is 3.69. The molecule has 0 aliphatic rings. The molecule has 0 spiro atoms. The summed E-state index contributed by atoms with van der Waals surface area (Å²) in [6, 6.07) is 8.89. The summed E-state index contributed by atoms with van der Waals surface area (Å²) in [5, 5.41) is 0. The summed E-state index contributed by atoms with van der Waals surface area (Å²) in [7, 11) is 0. The lowest BCUT2D eigenvalue weighted by molar-refractivity contribution is -0.117. The largest absolute Gasteiger partial charge is 0.300 e. The zero-order valence-corrected chi connectivity index (χ0v) is 12.5. The van der Waals surface area contributed by atoms with Crippen LogP contribution in [0.2, 0.25) is 0 Å². The first kappa shape index (κ1) is 16.8. The summed E-state index contributed by atoms with van der Waals surface area (Å²) in [4.78, 5) is 11.6. The molecule has 0 aromatic heterocycles. The number of carbonyl (C=O) groups is 1. The van der Waals surface area contributed by atoms with Crippen LogP contribution < -0.4 is 0 Å². The Morgan fingerprint density at radius 1 is 1.09 bits per heavy atom. The average molecular weight is 316 g/mol. The Balaban J connectivity index is 2.55. The van der Waals surface area contributed by atoms with Crippen molar-refractivity contribution in [3.05, 3.63) is 71.0 Å². The molecule has 118 valence electrons. The van der Waals surface area contributed by atoms with Crippen molar-refractivity contribution in [1.82, 2.24) is 0 Å². The molecular weight excluding hydrogens is 301 g/mol. The maximum Gasteiger partial charge on any atom is 0.130 e. The van der Waals surface area contributed by atoms with E-state index in [1.165, 1.54) is 37.3 Å². The van der Waals surface area contributed by atoms with Crippen LogP contribution in [0.5, 0.6) is 0 Å². The normalized spacial score (nSPS) is 13.2. The molecule has 23 heavy (non-hydrogen) atoms. The number of halogens is 3. The highest BCUT2D eigenvalue weighted by Gasteiger charge is 2.29. The van der Waals surface area contributed by atoms with E-state index in [2.05, 4.69) is 5.92 Å². The molecule has 2 aromatic carbocycles. The van der Waals surface area contributed by atoms with Gasteiger partial charge in [0.05, 0.1) is 5.92 Å². The highest BCUT2D eigenvalue weighted by Crippen LogP contribution is 2.38. The van der Waals surface area contributed by atoms with E-state index in [-0.39, 0.29) is 17.8 Å². The second kappa shape index (κ2) is 7.15. The van der Waals surface area contributed by atoms with Crippen LogP contribution in [0.1, 0.15) is 36.3 Å². The van der Waals surface area contributed by atoms with Crippen molar-refractivity contribution < 1.29 is 18.0 Å². The minimum Gasteiger partial charge on any atom is -0.300 e. The number of Topliss-reactive ketones (excluding diaryl/α,β-unsaturated/α-hetero) is 1. The van der Waals surface area contributed by atoms with Gasteiger partial charge in [-0.25, -0.2) is 13.2 Å². The van der Waals surface area contributed by atoms with Gasteiger partial charge in [-0.1, -0.05) is 24.1 Å². The average Bonchev–Trinajstić information content (AvgIpc) is 2.49. The molecule has 0 aliphatic carbocycles. The molecule has 2 atom stereocenters. The molecule has 4 heteroatoms. The first-order valence-electron chi connectivity index (χ1n) is 7.09. The van der Waals surface area contributed by atoms with E-state index in [4.69, 9.17) is 6.42 Å². The molecule has 0 N–H and O–H groups in total. The second-order valence-electron chi connectivity index (χ2n) is 5.34. The first-order valence-corrected chi connectivity index (χ1v) is 7.09. The number of benzene rings is 2. The van der Waals surface area contributed by atoms with Crippen LogP contribution in [0.15, 0.2) is 42.5 Å². The molecule has 1 nitrogen and oxygen atoms in total. The van der Waals surface area contributed by atoms with Gasteiger partial charge in [0, 0.05) is 17.9 Å². The molecule has 0 fully saturated rings. The maximum atomic E-state index is 14.1. The Morgan fingerprint density at radius 3 is 2.13 bits per heavy atom. The summed E-state index contributed by atoms with van der Waals surface area (Å²) in [6.07, 6.45) is 5.45. The highest BCUT2D eigenvalue weighted by molar-refractivity contribution is 5.76. The minimum atomic E-state index is -0.857. The van der Waals surface area contributed by atoms with Crippen molar-refractivity contribution in [3.63, 3.8) is 0 Å². The fourth-order valence-electron chi connectivity index (χ4n) is 2.68. The van der Waals surface area contributed by atoms with Gasteiger partial charge in [0.1, 0.15) is 23.2 Å². The number of rotatable bonds is 5. The predicted molar refractivity (Wildman–Crippen MR) is 82.4 cm³/mol. The summed E-state index contributed by atoms with van der Waals surface area (Å²) in [5.41, 5.74) is 0.317. The van der Waals surface area contributed by atoms with Crippen LogP contribution in [0, 0.1) is 29.8 Å². The number of hydrogen-bond acceptors (Lipinski definition) is 1. The van der Waals surface area contributed by atoms with Gasteiger partial charge in [0.15, 0.2) is 0 Å². The number of carbonyl (C=O) groups excluding carboxylic acids is 1. The lowest BCUT2D eigenvalue weighted by atomic mass is 9.78. The number of ketones is 1. The van der Waals surface area contributed by atoms with Crippen LogP contribution >= 0.6 is 0 Å². The topological polar surface area (TPSA) is 17.1 Å². The number of hydrogen-bond donors (Lipinski definition) is 0. The van der Waals surface area contributed by atoms with Crippen LogP contribution in [-0.4, -0.2) is 5.78 Å². The van der Waals surface area contributed by atoms with E-state index in [9.17, 15) is 18.0 Å². The Hall–Kier alpha value is -2.54. The molecule has 0 heterocycles. The molecule has 0 amide bonds. The predicted octanol–water partition coefficient (Wildman–Crippen LogP) is 4.58. The lowest BCUT2D eigenvalue weighted by Gasteiger charge is -2.24. The Morgan fingerprint density at radius 2 is 1.65 bits per heavy atom. The smallest absolute Gasteiger partial charge is 0.130 e. The third kappa shape index (κ3) is 3.81. The summed E-state index contributed by atoms with van der Waals surface area (Å²) >= 11 is 0. The molecule has 2 aromatic rings. The lowest BCUT2D eigenvalue weighted by Crippen LogP contribution is -2.16. The molecule has 2 unspecified atom stereocenters. The molecule has 0 saturated carbocycles. The van der Waals surface area contributed by atoms with Crippen LogP contribution in [0.4, 0.5) is 13.2 Å². The SMILES string of the molecule is C#CC(c1ccc(F)cc1)C(CC(C)=O)c1c(F)cccc1F. The minimum absolute atomic E-state index is 0.107. The molecule has 0 radical (unpaired) electrons. The van der Waals surface area contributed by atoms with Gasteiger partial charge in [-0.3, -0.25) is 0 Å². The van der Waals surface area contributed by atoms with Crippen molar-refractivity contribution in [3.8, 4) is 12.3 Å². The van der Waals surface area contributed by atoms with E-state index >= 15 is 0 Å². The maximum absolute atomic E-state index is 14.1. The Kier molecular flexibility index (Phi) is 5.23. The fraction of sp³-hybridized carbons (Fsp3) is 0.211. The van der Waals surface area contributed by atoms with Gasteiger partial charge in [0.25, 0.3) is 0 Å². The number of terminal acetylenes is 1. The van der Waals surface area contributed by atoms with Crippen LogP contribution in [0.25, 0.3) is 0 Å². The monoisotopic (exact) mass is 316 g/mol. The molecule has 2 rings (SSSR count). The first-order chi connectivity index (χ1) is 10.9. The standard InChI is InChI=1S/C19H15F3O/c1-3-15(13-7-9-14(20)10-8-13)16(11-12(2)23)19-17(21)5-4-6-18(19)22/h1,4-10,15-16H,11H2,2H3. The van der Waals surface area contributed by atoms with Gasteiger partial charge < -0.3 is 4.79 Å². The van der Waals surface area contributed by atoms with E-state index in [1.807, 2.05) is 0 Å². The summed E-state index contributed by atoms with van der Waals surface area (Å²) in [6.45, 7) is 1.34. The van der Waals surface area contributed by atoms with Crippen LogP contribution in [-0.2, 0) is 4.79 Å². The fourth-order valence-corrected chi connectivity index (χ4v) is 2.68. The van der Waals surface area contributed by atoms with Crippen molar-refractivity contribution in [2.24, 2.45) is 0 Å². The van der Waals surface area contributed by atoms with Gasteiger partial charge in [-0.05, 0) is 36.8 Å². The molecular formula is C19H15F3O. The van der Waals surface area contributed by atoms with Gasteiger partial charge in [-0.15, -0.1) is 6.42 Å². The molecule has 0 saturated heterocycles. The van der Waals surface area contributed by atoms with E-state index < -0.39 is 29.3 Å². The van der Waals surface area contributed by atoms with E-state index in [0.717, 1.165) is 12.1 Å². The third-order valence-corrected chi connectivity index (χ3v) is 3.69. The van der Waals surface area contributed by atoms with Gasteiger partial charge >= 0.3 is 0 Å². The van der Waals surface area contributed by atoms with Gasteiger partial charge in [0.2, 0.25) is 0 Å². The summed E-state index contributed by atoms with van der Waals surface area (Å²) < 4.78 is 41.4. The van der Waals surface area contributed by atoms with E-state index in [0.29, 0.717) is 5.56 Å². The van der Waals surface area contributed by atoms with Crippen molar-refractivity contribution in [2.75, 3.05) is 0 Å². The quantitative estimate of drug-likeness (QED) is 0.738. The van der Waals surface area contributed by atoms with Crippen LogP contribution in [0.3, 0.4) is 0 Å².